The van der Waals surface area contributed by atoms with Gasteiger partial charge in [0, 0.05) is 18.2 Å². The lowest BCUT2D eigenvalue weighted by molar-refractivity contribution is -0.116. The van der Waals surface area contributed by atoms with Gasteiger partial charge in [0.1, 0.15) is 5.75 Å². The molecule has 3 N–H and O–H groups in total. The van der Waals surface area contributed by atoms with Gasteiger partial charge in [0.25, 0.3) is 0 Å². The van der Waals surface area contributed by atoms with E-state index in [1.807, 2.05) is 25.1 Å². The summed E-state index contributed by atoms with van der Waals surface area (Å²) in [5.74, 6) is 1.27. The molecule has 2 heterocycles. The lowest BCUT2D eigenvalue weighted by atomic mass is 10.0. The zero-order valence-electron chi connectivity index (χ0n) is 11.1. The molecule has 5 heteroatoms. The highest BCUT2D eigenvalue weighted by atomic mass is 16.5. The van der Waals surface area contributed by atoms with E-state index in [-0.39, 0.29) is 5.91 Å². The van der Waals surface area contributed by atoms with Crippen LogP contribution in [0.3, 0.4) is 0 Å². The minimum atomic E-state index is 0.0574. The molecule has 1 aromatic carbocycles. The van der Waals surface area contributed by atoms with E-state index in [2.05, 4.69) is 10.3 Å². The van der Waals surface area contributed by atoms with Gasteiger partial charge in [-0.3, -0.25) is 4.79 Å². The van der Waals surface area contributed by atoms with Crippen LogP contribution >= 0.6 is 0 Å². The van der Waals surface area contributed by atoms with Crippen molar-refractivity contribution in [2.75, 3.05) is 11.1 Å². The van der Waals surface area contributed by atoms with E-state index >= 15 is 0 Å². The number of aryl methyl sites for hydroxylation is 2. The van der Waals surface area contributed by atoms with E-state index in [4.69, 9.17) is 10.5 Å². The first kappa shape index (κ1) is 12.5. The number of hydrogen-bond acceptors (Lipinski definition) is 4. The Hall–Kier alpha value is -2.56. The van der Waals surface area contributed by atoms with Gasteiger partial charge >= 0.3 is 0 Å². The summed E-state index contributed by atoms with van der Waals surface area (Å²) in [6, 6.07) is 9.12. The molecule has 0 radical (unpaired) electrons. The predicted octanol–water partition coefficient (Wildman–Crippen LogP) is 2.65. The van der Waals surface area contributed by atoms with Gasteiger partial charge in [0.2, 0.25) is 11.8 Å². The number of fused-ring (bicyclic) bond motifs is 1. The minimum absolute atomic E-state index is 0.0574. The zero-order chi connectivity index (χ0) is 14.1. The number of ether oxygens (including phenoxy) is 1. The maximum atomic E-state index is 11.3. The number of benzene rings is 1. The Balaban J connectivity index is 1.84. The van der Waals surface area contributed by atoms with E-state index in [1.165, 1.54) is 0 Å². The number of nitrogens with one attached hydrogen (secondary N) is 1. The van der Waals surface area contributed by atoms with Crippen molar-refractivity contribution in [2.45, 2.75) is 19.8 Å². The van der Waals surface area contributed by atoms with Gasteiger partial charge in [0.15, 0.2) is 0 Å². The molecule has 0 saturated heterocycles. The molecule has 0 atom stereocenters. The number of carbonyl (C=O) groups is 1. The third-order valence-electron chi connectivity index (χ3n) is 3.30. The highest BCUT2D eigenvalue weighted by Crippen LogP contribution is 2.29. The fraction of sp³-hybridized carbons (Fsp3) is 0.200. The molecule has 0 bridgehead atoms. The number of amides is 1. The number of nitrogen functional groups attached to an aromatic ring is 1. The monoisotopic (exact) mass is 269 g/mol. The van der Waals surface area contributed by atoms with Crippen LogP contribution in [-0.2, 0) is 11.2 Å². The second-order valence-electron chi connectivity index (χ2n) is 4.79. The Morgan fingerprint density at radius 3 is 2.90 bits per heavy atom. The Kier molecular flexibility index (Phi) is 3.02. The molecule has 3 rings (SSSR count). The number of rotatable bonds is 2. The molecule has 1 aliphatic heterocycles. The summed E-state index contributed by atoms with van der Waals surface area (Å²) in [5.41, 5.74) is 9.05. The van der Waals surface area contributed by atoms with Gasteiger partial charge < -0.3 is 15.8 Å². The molecule has 0 aliphatic carbocycles. The summed E-state index contributed by atoms with van der Waals surface area (Å²) in [6.45, 7) is 1.84. The van der Waals surface area contributed by atoms with Gasteiger partial charge in [-0.25, -0.2) is 4.98 Å². The van der Waals surface area contributed by atoms with Crippen molar-refractivity contribution in [1.29, 1.82) is 0 Å². The Morgan fingerprint density at radius 2 is 2.10 bits per heavy atom. The smallest absolute Gasteiger partial charge is 0.224 e. The lowest BCUT2D eigenvalue weighted by Gasteiger charge is -2.17. The first-order valence-electron chi connectivity index (χ1n) is 6.45. The third kappa shape index (κ3) is 2.42. The minimum Gasteiger partial charge on any atom is -0.439 e. The number of anilines is 2. The Bertz CT molecular complexity index is 683. The molecular weight excluding hydrogens is 254 g/mol. The fourth-order valence-corrected chi connectivity index (χ4v) is 2.15. The number of nitrogens with zero attached hydrogens (tertiary/aromatic N) is 1. The maximum Gasteiger partial charge on any atom is 0.224 e. The van der Waals surface area contributed by atoms with E-state index in [0.717, 1.165) is 23.4 Å². The van der Waals surface area contributed by atoms with Crippen LogP contribution in [0.2, 0.25) is 0 Å². The van der Waals surface area contributed by atoms with E-state index in [0.29, 0.717) is 23.7 Å². The van der Waals surface area contributed by atoms with Crippen molar-refractivity contribution in [2.24, 2.45) is 0 Å². The predicted molar refractivity (Wildman–Crippen MR) is 76.9 cm³/mol. The van der Waals surface area contributed by atoms with E-state index < -0.39 is 0 Å². The van der Waals surface area contributed by atoms with Crippen LogP contribution in [0.1, 0.15) is 17.7 Å². The topological polar surface area (TPSA) is 77.2 Å². The van der Waals surface area contributed by atoms with Gasteiger partial charge in [0.05, 0.1) is 11.4 Å². The second-order valence-corrected chi connectivity index (χ2v) is 4.79. The van der Waals surface area contributed by atoms with Crippen molar-refractivity contribution < 1.29 is 9.53 Å². The summed E-state index contributed by atoms with van der Waals surface area (Å²) in [7, 11) is 0. The normalized spacial score (nSPS) is 13.6. The number of aromatic nitrogens is 1. The Labute approximate surface area is 116 Å². The molecular formula is C15H15N3O2. The van der Waals surface area contributed by atoms with Gasteiger partial charge in [-0.15, -0.1) is 0 Å². The number of pyridine rings is 1. The van der Waals surface area contributed by atoms with E-state index in [1.54, 1.807) is 12.1 Å². The molecule has 2 aromatic rings. The number of carbonyl (C=O) groups excluding carboxylic acids is 1. The molecule has 102 valence electrons. The fourth-order valence-electron chi connectivity index (χ4n) is 2.15. The van der Waals surface area contributed by atoms with Crippen molar-refractivity contribution in [1.82, 2.24) is 4.98 Å². The van der Waals surface area contributed by atoms with Crippen molar-refractivity contribution >= 4 is 17.3 Å². The Morgan fingerprint density at radius 1 is 1.25 bits per heavy atom. The summed E-state index contributed by atoms with van der Waals surface area (Å²) >= 11 is 0. The average molecular weight is 269 g/mol. The van der Waals surface area contributed by atoms with Crippen molar-refractivity contribution in [3.05, 3.63) is 41.6 Å². The van der Waals surface area contributed by atoms with Crippen LogP contribution in [0.4, 0.5) is 11.4 Å². The quantitative estimate of drug-likeness (QED) is 0.878. The second kappa shape index (κ2) is 4.85. The zero-order valence-corrected chi connectivity index (χ0v) is 11.1. The van der Waals surface area contributed by atoms with Gasteiger partial charge in [-0.2, -0.15) is 0 Å². The lowest BCUT2D eigenvalue weighted by Crippen LogP contribution is -2.18. The molecule has 0 spiro atoms. The summed E-state index contributed by atoms with van der Waals surface area (Å²) in [6.07, 6.45) is 1.24. The third-order valence-corrected chi connectivity index (χ3v) is 3.30. The van der Waals surface area contributed by atoms with Gasteiger partial charge in [-0.05, 0) is 43.2 Å². The van der Waals surface area contributed by atoms with Crippen LogP contribution in [0.15, 0.2) is 30.3 Å². The molecule has 1 amide bonds. The highest BCUT2D eigenvalue weighted by molar-refractivity contribution is 5.94. The maximum absolute atomic E-state index is 11.3. The number of hydrogen-bond donors (Lipinski definition) is 2. The highest BCUT2D eigenvalue weighted by Gasteiger charge is 2.15. The first-order chi connectivity index (χ1) is 9.61. The van der Waals surface area contributed by atoms with Crippen LogP contribution in [0.25, 0.3) is 0 Å². The first-order valence-corrected chi connectivity index (χ1v) is 6.45. The molecule has 20 heavy (non-hydrogen) atoms. The van der Waals surface area contributed by atoms with Crippen LogP contribution in [0.5, 0.6) is 11.6 Å². The molecule has 0 fully saturated rings. The van der Waals surface area contributed by atoms with Crippen LogP contribution < -0.4 is 15.8 Å². The summed E-state index contributed by atoms with van der Waals surface area (Å²) < 4.78 is 5.73. The van der Waals surface area contributed by atoms with Gasteiger partial charge in [-0.1, -0.05) is 0 Å². The van der Waals surface area contributed by atoms with E-state index in [9.17, 15) is 4.79 Å². The standard InChI is InChI=1S/C15H15N3O2/c1-9-12(16)4-7-15(17-9)20-11-3-5-13-10(8-11)2-6-14(19)18-13/h3-5,7-8H,2,6,16H2,1H3,(H,18,19). The summed E-state index contributed by atoms with van der Waals surface area (Å²) in [4.78, 5) is 15.6. The molecule has 1 aromatic heterocycles. The molecule has 0 saturated carbocycles. The average Bonchev–Trinajstić information content (AvgIpc) is 2.43. The van der Waals surface area contributed by atoms with Crippen molar-refractivity contribution in [3.63, 3.8) is 0 Å². The van der Waals surface area contributed by atoms with Crippen LogP contribution in [-0.4, -0.2) is 10.9 Å². The molecule has 0 unspecified atom stereocenters. The number of nitrogens with two attached hydrogens (primary N) is 1. The summed E-state index contributed by atoms with van der Waals surface area (Å²) in [5, 5.41) is 2.84. The molecule has 1 aliphatic rings. The van der Waals surface area contributed by atoms with Crippen molar-refractivity contribution in [3.8, 4) is 11.6 Å². The largest absolute Gasteiger partial charge is 0.439 e. The molecule has 5 nitrogen and oxygen atoms in total. The SMILES string of the molecule is Cc1nc(Oc2ccc3c(c2)CCC(=O)N3)ccc1N. The van der Waals surface area contributed by atoms with Crippen LogP contribution in [0, 0.1) is 6.92 Å².